The summed E-state index contributed by atoms with van der Waals surface area (Å²) in [6, 6.07) is 19.1. The van der Waals surface area contributed by atoms with E-state index in [9.17, 15) is 14.7 Å². The number of carbonyl (C=O) groups is 2. The van der Waals surface area contributed by atoms with E-state index in [1.165, 1.54) is 6.21 Å². The molecule has 0 atom stereocenters. The Hall–Kier alpha value is -3.43. The Labute approximate surface area is 220 Å². The minimum absolute atomic E-state index is 0.00197. The highest BCUT2D eigenvalue weighted by Gasteiger charge is 2.14. The van der Waals surface area contributed by atoms with Crippen LogP contribution in [0.25, 0.3) is 6.08 Å². The van der Waals surface area contributed by atoms with Crippen LogP contribution in [-0.4, -0.2) is 29.7 Å². The molecule has 0 aromatic heterocycles. The van der Waals surface area contributed by atoms with Gasteiger partial charge in [-0.3, -0.25) is 9.59 Å². The van der Waals surface area contributed by atoms with Crippen molar-refractivity contribution in [3.63, 3.8) is 0 Å². The molecule has 0 saturated carbocycles. The Balaban J connectivity index is 1.82. The van der Waals surface area contributed by atoms with Gasteiger partial charge < -0.3 is 15.2 Å². The van der Waals surface area contributed by atoms with Crippen LogP contribution in [0.5, 0.6) is 11.5 Å². The van der Waals surface area contributed by atoms with Crippen LogP contribution >= 0.6 is 31.9 Å². The number of phenols is 1. The number of amides is 2. The van der Waals surface area contributed by atoms with Gasteiger partial charge in [0.25, 0.3) is 11.8 Å². The summed E-state index contributed by atoms with van der Waals surface area (Å²) in [4.78, 5) is 25.6. The van der Waals surface area contributed by atoms with E-state index in [4.69, 9.17) is 4.74 Å². The van der Waals surface area contributed by atoms with Gasteiger partial charge in [0.15, 0.2) is 0 Å². The smallest absolute Gasteiger partial charge is 0.287 e. The molecule has 0 saturated heterocycles. The Morgan fingerprint density at radius 1 is 1.06 bits per heavy atom. The fourth-order valence-electron chi connectivity index (χ4n) is 2.89. The highest BCUT2D eigenvalue weighted by atomic mass is 79.9. The third kappa shape index (κ3) is 7.80. The zero-order chi connectivity index (χ0) is 25.2. The summed E-state index contributed by atoms with van der Waals surface area (Å²) < 4.78 is 6.78. The van der Waals surface area contributed by atoms with Crippen LogP contribution in [0.3, 0.4) is 0 Å². The molecule has 35 heavy (non-hydrogen) atoms. The van der Waals surface area contributed by atoms with Crippen LogP contribution in [0.15, 0.2) is 86.5 Å². The number of halogens is 2. The van der Waals surface area contributed by atoms with Crippen LogP contribution in [0.4, 0.5) is 0 Å². The maximum Gasteiger partial charge on any atom is 0.287 e. The highest BCUT2D eigenvalue weighted by molar-refractivity contribution is 9.11. The molecule has 0 bridgehead atoms. The topological polar surface area (TPSA) is 100 Å². The van der Waals surface area contributed by atoms with Crippen molar-refractivity contribution in [1.29, 1.82) is 0 Å². The molecule has 0 spiro atoms. The normalized spacial score (nSPS) is 11.3. The van der Waals surface area contributed by atoms with Crippen molar-refractivity contribution >= 4 is 56.0 Å². The van der Waals surface area contributed by atoms with E-state index in [2.05, 4.69) is 47.7 Å². The predicted molar refractivity (Wildman–Crippen MR) is 143 cm³/mol. The van der Waals surface area contributed by atoms with Crippen LogP contribution in [0, 0.1) is 0 Å². The average molecular weight is 601 g/mol. The quantitative estimate of drug-likeness (QED) is 0.168. The molecule has 0 unspecified atom stereocenters. The van der Waals surface area contributed by atoms with E-state index in [0.717, 1.165) is 10.9 Å². The molecule has 0 heterocycles. The number of hydrogen-bond acceptors (Lipinski definition) is 5. The zero-order valence-corrected chi connectivity index (χ0v) is 22.0. The molecule has 3 aromatic rings. The van der Waals surface area contributed by atoms with Crippen molar-refractivity contribution < 1.29 is 19.4 Å². The van der Waals surface area contributed by atoms with E-state index < -0.39 is 11.8 Å². The van der Waals surface area contributed by atoms with Crippen molar-refractivity contribution in [3.05, 3.63) is 98.1 Å². The van der Waals surface area contributed by atoms with Crippen molar-refractivity contribution in [1.82, 2.24) is 10.7 Å². The van der Waals surface area contributed by atoms with E-state index >= 15 is 0 Å². The minimum atomic E-state index is -0.634. The maximum atomic E-state index is 12.9. The number of nitrogens with zero attached hydrogens (tertiary/aromatic N) is 1. The summed E-state index contributed by atoms with van der Waals surface area (Å²) in [5, 5.41) is 16.7. The summed E-state index contributed by atoms with van der Waals surface area (Å²) in [6.45, 7) is 2.63. The molecule has 0 fully saturated rings. The number of nitrogens with one attached hydrogen (secondary N) is 2. The lowest BCUT2D eigenvalue weighted by atomic mass is 10.1. The van der Waals surface area contributed by atoms with Gasteiger partial charge in [0.05, 0.1) is 17.3 Å². The molecule has 9 heteroatoms. The second kappa shape index (κ2) is 12.9. The largest absolute Gasteiger partial charge is 0.506 e. The first kappa shape index (κ1) is 26.2. The van der Waals surface area contributed by atoms with Gasteiger partial charge in [0.1, 0.15) is 17.2 Å². The van der Waals surface area contributed by atoms with Crippen LogP contribution < -0.4 is 15.5 Å². The Morgan fingerprint density at radius 3 is 2.46 bits per heavy atom. The average Bonchev–Trinajstić information content (AvgIpc) is 2.86. The summed E-state index contributed by atoms with van der Waals surface area (Å²) in [7, 11) is 0. The lowest BCUT2D eigenvalue weighted by molar-refractivity contribution is -0.117. The third-order valence-corrected chi connectivity index (χ3v) is 5.68. The van der Waals surface area contributed by atoms with Crippen LogP contribution in [-0.2, 0) is 4.79 Å². The molecule has 0 radical (unpaired) electrons. The summed E-state index contributed by atoms with van der Waals surface area (Å²) in [5.41, 5.74) is 3.86. The minimum Gasteiger partial charge on any atom is -0.506 e. The van der Waals surface area contributed by atoms with Gasteiger partial charge in [-0.05, 0) is 70.4 Å². The highest BCUT2D eigenvalue weighted by Crippen LogP contribution is 2.30. The molecule has 3 N–H and O–H groups in total. The van der Waals surface area contributed by atoms with Gasteiger partial charge in [-0.25, -0.2) is 5.43 Å². The molecule has 3 aromatic carbocycles. The van der Waals surface area contributed by atoms with Gasteiger partial charge in [-0.15, -0.1) is 0 Å². The van der Waals surface area contributed by atoms with E-state index in [1.807, 2.05) is 6.92 Å². The Morgan fingerprint density at radius 2 is 1.77 bits per heavy atom. The summed E-state index contributed by atoms with van der Waals surface area (Å²) in [6.07, 6.45) is 3.74. The summed E-state index contributed by atoms with van der Waals surface area (Å²) in [5.74, 6) is -0.379. The molecule has 0 aliphatic rings. The zero-order valence-electron chi connectivity index (χ0n) is 18.8. The van der Waals surface area contributed by atoms with Crippen molar-refractivity contribution in [3.8, 4) is 11.5 Å². The van der Waals surface area contributed by atoms with E-state index in [0.29, 0.717) is 33.5 Å². The van der Waals surface area contributed by atoms with Crippen molar-refractivity contribution in [2.75, 3.05) is 6.61 Å². The molecule has 0 aliphatic heterocycles. The lowest BCUT2D eigenvalue weighted by Gasteiger charge is -2.10. The first-order valence-corrected chi connectivity index (χ1v) is 12.3. The van der Waals surface area contributed by atoms with Crippen molar-refractivity contribution in [2.45, 2.75) is 13.3 Å². The Bertz CT molecular complexity index is 1240. The molecule has 3 rings (SSSR count). The van der Waals surface area contributed by atoms with E-state index in [1.54, 1.807) is 72.8 Å². The van der Waals surface area contributed by atoms with Gasteiger partial charge in [-0.2, -0.15) is 5.10 Å². The van der Waals surface area contributed by atoms with Crippen molar-refractivity contribution in [2.24, 2.45) is 5.10 Å². The Kier molecular flexibility index (Phi) is 9.63. The monoisotopic (exact) mass is 599 g/mol. The fourth-order valence-corrected chi connectivity index (χ4v) is 4.15. The SMILES string of the molecule is CCCOc1ccc(C=C(NC(=O)c2ccccc2)C(=O)N/N=C/c2cc(Br)cc(Br)c2O)cc1. The number of hydrogen-bond donors (Lipinski definition) is 3. The number of ether oxygens (including phenoxy) is 1. The van der Waals surface area contributed by atoms with Gasteiger partial charge >= 0.3 is 0 Å². The van der Waals surface area contributed by atoms with Gasteiger partial charge in [-0.1, -0.05) is 53.2 Å². The lowest BCUT2D eigenvalue weighted by Crippen LogP contribution is -2.32. The fraction of sp³-hybridized carbons (Fsp3) is 0.115. The number of rotatable bonds is 9. The first-order chi connectivity index (χ1) is 16.9. The molecule has 7 nitrogen and oxygen atoms in total. The van der Waals surface area contributed by atoms with Gasteiger partial charge in [0, 0.05) is 15.6 Å². The second-order valence-electron chi connectivity index (χ2n) is 7.32. The number of hydrazone groups is 1. The number of benzene rings is 3. The number of phenolic OH excluding ortho intramolecular Hbond substituents is 1. The molecule has 2 amide bonds. The molecular formula is C26H23Br2N3O4. The van der Waals surface area contributed by atoms with Crippen LogP contribution in [0.1, 0.15) is 34.8 Å². The maximum absolute atomic E-state index is 12.9. The predicted octanol–water partition coefficient (Wildman–Crippen LogP) is 5.63. The second-order valence-corrected chi connectivity index (χ2v) is 9.09. The van der Waals surface area contributed by atoms with Gasteiger partial charge in [0.2, 0.25) is 0 Å². The molecule has 0 aliphatic carbocycles. The van der Waals surface area contributed by atoms with Crippen LogP contribution in [0.2, 0.25) is 0 Å². The number of carbonyl (C=O) groups excluding carboxylic acids is 2. The standard InChI is InChI=1S/C26H23Br2N3O4/c1-2-12-35-21-10-8-17(9-11-21)13-23(30-25(33)18-6-4-3-5-7-18)26(34)31-29-16-19-14-20(27)15-22(28)24(19)32/h3-11,13-16,32H,2,12H2,1H3,(H,30,33)(H,31,34)/b23-13?,29-16+. The number of aromatic hydroxyl groups is 1. The van der Waals surface area contributed by atoms with E-state index in [-0.39, 0.29) is 11.4 Å². The molecule has 180 valence electrons. The summed E-state index contributed by atoms with van der Waals surface area (Å²) >= 11 is 6.59. The first-order valence-electron chi connectivity index (χ1n) is 10.7. The third-order valence-electron chi connectivity index (χ3n) is 4.62. The molecular weight excluding hydrogens is 578 g/mol.